The minimum absolute atomic E-state index is 0.0716. The lowest BCUT2D eigenvalue weighted by atomic mass is 9.84. The number of unbranched alkanes of at least 4 members (excludes halogenated alkanes) is 1. The van der Waals surface area contributed by atoms with Crippen molar-refractivity contribution in [3.63, 3.8) is 0 Å². The molecular weight excluding hydrogens is 472 g/mol. The van der Waals surface area contributed by atoms with Crippen molar-refractivity contribution in [2.75, 3.05) is 33.3 Å². The highest BCUT2D eigenvalue weighted by atomic mass is 16.7. The summed E-state index contributed by atoms with van der Waals surface area (Å²) < 4.78 is 23.6. The van der Waals surface area contributed by atoms with Gasteiger partial charge in [0.15, 0.2) is 6.29 Å². The minimum Gasteiger partial charge on any atom is -0.467 e. The van der Waals surface area contributed by atoms with Crippen LogP contribution in [-0.2, 0) is 18.9 Å². The van der Waals surface area contributed by atoms with Crippen molar-refractivity contribution in [2.24, 2.45) is 22.9 Å². The van der Waals surface area contributed by atoms with Crippen LogP contribution in [0.1, 0.15) is 32.6 Å². The number of nitrogens with one attached hydrogen (secondary N) is 2. The monoisotopic (exact) mass is 518 g/mol. The first-order chi connectivity index (χ1) is 17.1. The zero-order chi connectivity index (χ0) is 26.5. The highest BCUT2D eigenvalue weighted by Crippen LogP contribution is 2.31. The Morgan fingerprint density at radius 1 is 1.06 bits per heavy atom. The van der Waals surface area contributed by atoms with Gasteiger partial charge in [0, 0.05) is 12.1 Å². The number of aliphatic hydroxyl groups is 3. The Hall–Kier alpha value is -0.940. The third kappa shape index (κ3) is 7.12. The minimum atomic E-state index is -1.30. The van der Waals surface area contributed by atoms with E-state index in [2.05, 4.69) is 10.6 Å². The first-order valence-electron chi connectivity index (χ1n) is 12.8. The predicted octanol–water partition coefficient (Wildman–Crippen LogP) is -3.48. The van der Waals surface area contributed by atoms with Crippen molar-refractivity contribution in [1.82, 2.24) is 10.6 Å². The molecule has 13 nitrogen and oxygen atoms in total. The molecule has 0 aromatic carbocycles. The predicted molar refractivity (Wildman–Crippen MR) is 132 cm³/mol. The normalized spacial score (nSPS) is 43.6. The molecule has 13 N–H and O–H groups in total. The Labute approximate surface area is 212 Å². The van der Waals surface area contributed by atoms with E-state index in [4.69, 9.17) is 41.9 Å². The van der Waals surface area contributed by atoms with Crippen LogP contribution in [0.15, 0.2) is 11.8 Å². The number of rotatable bonds is 11. The largest absolute Gasteiger partial charge is 0.467 e. The zero-order valence-electron chi connectivity index (χ0n) is 21.3. The third-order valence-corrected chi connectivity index (χ3v) is 7.13. The number of ether oxygens (including phenoxy) is 4. The molecule has 3 aliphatic rings. The summed E-state index contributed by atoms with van der Waals surface area (Å²) in [6.07, 6.45) is -1.46. The Morgan fingerprint density at radius 2 is 1.72 bits per heavy atom. The lowest BCUT2D eigenvalue weighted by Crippen LogP contribution is -2.68. The molecule has 2 aliphatic heterocycles. The van der Waals surface area contributed by atoms with E-state index in [0.717, 1.165) is 19.4 Å². The number of hydrogen-bond acceptors (Lipinski definition) is 13. The molecule has 2 fully saturated rings. The SMILES string of the molecule is CN[C@@H]1[C@@H](O)[C@@H](O[C@@H]2C(O)[C@H](O[C@H]3OC(CNCCCCN)=CC[C@H]3N)[C@@H](N)C[C@H]2N)OC[C@]1(C)O. The maximum Gasteiger partial charge on any atom is 0.215 e. The first kappa shape index (κ1) is 29.6. The average molecular weight is 519 g/mol. The van der Waals surface area contributed by atoms with E-state index in [1.54, 1.807) is 14.0 Å². The summed E-state index contributed by atoms with van der Waals surface area (Å²) in [6, 6.07) is -2.36. The standard InChI is InChI=1S/C23H46N6O7/c1-23(32)11-33-22(17(31)20(23)28-2)36-19-15(27)9-14(26)18(16(19)30)35-21-13(25)6-5-12(34-21)10-29-8-4-3-7-24/h5,13-22,28-32H,3-4,6-11,24-27H2,1-2H3/t13-,14+,15-,16?,17-,18-,19+,20-,21-,22-,23+/m1/s1. The van der Waals surface area contributed by atoms with Gasteiger partial charge in [-0.25, -0.2) is 0 Å². The molecule has 0 bridgehead atoms. The fraction of sp³-hybridized carbons (Fsp3) is 0.913. The van der Waals surface area contributed by atoms with Crippen LogP contribution in [0, 0.1) is 0 Å². The molecule has 1 saturated carbocycles. The van der Waals surface area contributed by atoms with Gasteiger partial charge in [-0.3, -0.25) is 0 Å². The van der Waals surface area contributed by atoms with Gasteiger partial charge >= 0.3 is 0 Å². The highest BCUT2D eigenvalue weighted by Gasteiger charge is 2.50. The fourth-order valence-corrected chi connectivity index (χ4v) is 5.03. The van der Waals surface area contributed by atoms with Crippen LogP contribution in [0.4, 0.5) is 0 Å². The molecule has 210 valence electrons. The van der Waals surface area contributed by atoms with Crippen LogP contribution in [0.2, 0.25) is 0 Å². The Balaban J connectivity index is 1.60. The molecule has 3 rings (SSSR count). The van der Waals surface area contributed by atoms with Gasteiger partial charge in [0.2, 0.25) is 6.29 Å². The van der Waals surface area contributed by atoms with Crippen molar-refractivity contribution in [1.29, 1.82) is 0 Å². The second kappa shape index (κ2) is 13.2. The molecule has 36 heavy (non-hydrogen) atoms. The second-order valence-corrected chi connectivity index (χ2v) is 10.3. The maximum atomic E-state index is 11.2. The lowest BCUT2D eigenvalue weighted by molar-refractivity contribution is -0.303. The summed E-state index contributed by atoms with van der Waals surface area (Å²) in [5, 5.41) is 38.6. The van der Waals surface area contributed by atoms with Crippen molar-refractivity contribution in [2.45, 2.75) is 99.4 Å². The molecule has 0 aromatic heterocycles. The number of nitrogens with two attached hydrogens (primary N) is 4. The van der Waals surface area contributed by atoms with Crippen LogP contribution in [0.25, 0.3) is 0 Å². The van der Waals surface area contributed by atoms with E-state index in [0.29, 0.717) is 31.7 Å². The van der Waals surface area contributed by atoms with E-state index in [-0.39, 0.29) is 6.61 Å². The summed E-state index contributed by atoms with van der Waals surface area (Å²) in [5.74, 6) is 0.710. The van der Waals surface area contributed by atoms with Gasteiger partial charge in [-0.1, -0.05) is 0 Å². The number of likely N-dealkylation sites (N-methyl/N-ethyl adjacent to an activating group) is 1. The van der Waals surface area contributed by atoms with Crippen LogP contribution in [0.5, 0.6) is 0 Å². The quantitative estimate of drug-likeness (QED) is 0.121. The highest BCUT2D eigenvalue weighted by molar-refractivity contribution is 5.05. The van der Waals surface area contributed by atoms with Gasteiger partial charge < -0.3 is 67.8 Å². The van der Waals surface area contributed by atoms with E-state index < -0.39 is 66.8 Å². The number of aliphatic hydroxyl groups excluding tert-OH is 2. The molecule has 0 radical (unpaired) electrons. The third-order valence-electron chi connectivity index (χ3n) is 7.13. The van der Waals surface area contributed by atoms with Crippen LogP contribution >= 0.6 is 0 Å². The zero-order valence-corrected chi connectivity index (χ0v) is 21.3. The van der Waals surface area contributed by atoms with Gasteiger partial charge in [0.25, 0.3) is 0 Å². The van der Waals surface area contributed by atoms with E-state index in [1.165, 1.54) is 0 Å². The molecule has 1 unspecified atom stereocenters. The molecule has 2 heterocycles. The van der Waals surface area contributed by atoms with Gasteiger partial charge in [0.1, 0.15) is 35.8 Å². The van der Waals surface area contributed by atoms with Crippen molar-refractivity contribution in [3.05, 3.63) is 11.8 Å². The second-order valence-electron chi connectivity index (χ2n) is 10.3. The molecule has 11 atom stereocenters. The molecule has 0 spiro atoms. The average Bonchev–Trinajstić information content (AvgIpc) is 2.82. The van der Waals surface area contributed by atoms with E-state index in [9.17, 15) is 15.3 Å². The topological polar surface area (TPSA) is 226 Å². The first-order valence-corrected chi connectivity index (χ1v) is 12.8. The molecule has 13 heteroatoms. The van der Waals surface area contributed by atoms with Crippen LogP contribution < -0.4 is 33.6 Å². The van der Waals surface area contributed by atoms with Crippen LogP contribution in [0.3, 0.4) is 0 Å². The summed E-state index contributed by atoms with van der Waals surface area (Å²) in [7, 11) is 1.63. The van der Waals surface area contributed by atoms with Gasteiger partial charge in [-0.05, 0) is 58.8 Å². The summed E-state index contributed by atoms with van der Waals surface area (Å²) in [4.78, 5) is 0. The van der Waals surface area contributed by atoms with Crippen molar-refractivity contribution >= 4 is 0 Å². The molecular formula is C23H46N6O7. The maximum absolute atomic E-state index is 11.2. The fourth-order valence-electron chi connectivity index (χ4n) is 5.03. The van der Waals surface area contributed by atoms with Crippen molar-refractivity contribution < 1.29 is 34.3 Å². The smallest absolute Gasteiger partial charge is 0.215 e. The Morgan fingerprint density at radius 3 is 2.36 bits per heavy atom. The summed E-state index contributed by atoms with van der Waals surface area (Å²) >= 11 is 0. The van der Waals surface area contributed by atoms with Gasteiger partial charge in [-0.2, -0.15) is 0 Å². The van der Waals surface area contributed by atoms with Gasteiger partial charge in [0.05, 0.1) is 25.2 Å². The lowest BCUT2D eigenvalue weighted by Gasteiger charge is -2.48. The number of hydrogen-bond donors (Lipinski definition) is 9. The Bertz CT molecular complexity index is 716. The molecule has 0 amide bonds. The molecule has 1 saturated heterocycles. The van der Waals surface area contributed by atoms with Crippen molar-refractivity contribution in [3.8, 4) is 0 Å². The summed E-state index contributed by atoms with van der Waals surface area (Å²) in [5.41, 5.74) is 23.0. The Kier molecular flexibility index (Phi) is 10.9. The molecule has 0 aromatic rings. The summed E-state index contributed by atoms with van der Waals surface area (Å²) in [6.45, 7) is 3.49. The molecule has 1 aliphatic carbocycles. The van der Waals surface area contributed by atoms with Crippen LogP contribution in [-0.4, -0.2) is 115 Å². The van der Waals surface area contributed by atoms with E-state index in [1.807, 2.05) is 6.08 Å². The van der Waals surface area contributed by atoms with E-state index >= 15 is 0 Å². The van der Waals surface area contributed by atoms with Gasteiger partial charge in [-0.15, -0.1) is 0 Å².